The largest absolute Gasteiger partial charge is 0.478 e. The van der Waals surface area contributed by atoms with Gasteiger partial charge in [0.25, 0.3) is 0 Å². The van der Waals surface area contributed by atoms with Crippen LogP contribution in [-0.2, 0) is 23.8 Å². The molecule has 11 heteroatoms. The van der Waals surface area contributed by atoms with Crippen LogP contribution in [0.5, 0.6) is 5.75 Å². The topological polar surface area (TPSA) is 137 Å². The van der Waals surface area contributed by atoms with Crippen LogP contribution in [0.2, 0.25) is 0 Å². The summed E-state index contributed by atoms with van der Waals surface area (Å²) in [7, 11) is 2.93. The van der Waals surface area contributed by atoms with Crippen LogP contribution in [0, 0.1) is 11.5 Å². The van der Waals surface area contributed by atoms with Gasteiger partial charge in [-0.1, -0.05) is 12.1 Å². The van der Waals surface area contributed by atoms with Crippen LogP contribution >= 0.6 is 0 Å². The third-order valence-corrected chi connectivity index (χ3v) is 6.06. The molecule has 2 N–H and O–H groups in total. The predicted molar refractivity (Wildman–Crippen MR) is 130 cm³/mol. The van der Waals surface area contributed by atoms with Gasteiger partial charge < -0.3 is 24.3 Å². The molecule has 3 aromatic rings. The van der Waals surface area contributed by atoms with Gasteiger partial charge in [-0.25, -0.2) is 4.98 Å². The molecule has 0 bridgehead atoms. The van der Waals surface area contributed by atoms with E-state index in [4.69, 9.17) is 18.9 Å². The number of anilines is 2. The second kappa shape index (κ2) is 9.85. The highest BCUT2D eigenvalue weighted by Gasteiger charge is 2.56. The van der Waals surface area contributed by atoms with E-state index in [9.17, 15) is 14.9 Å². The maximum Gasteiger partial charge on any atom is 0.303 e. The third kappa shape index (κ3) is 4.32. The van der Waals surface area contributed by atoms with Gasteiger partial charge in [0.1, 0.15) is 11.8 Å². The van der Waals surface area contributed by atoms with E-state index in [1.54, 1.807) is 29.7 Å². The van der Waals surface area contributed by atoms with Crippen LogP contribution in [0.1, 0.15) is 32.4 Å². The van der Waals surface area contributed by atoms with E-state index < -0.39 is 30.0 Å². The number of methoxy groups -OCH3 is 2. The van der Waals surface area contributed by atoms with Gasteiger partial charge in [-0.05, 0) is 37.3 Å². The minimum Gasteiger partial charge on any atom is -0.478 e. The molecule has 188 valence electrons. The smallest absolute Gasteiger partial charge is 0.303 e. The number of fused-ring (bicyclic) bond motifs is 2. The summed E-state index contributed by atoms with van der Waals surface area (Å²) in [6.45, 7) is 4.44. The SMILES string of the molecule is COC(OC)[C@@]1(C)Oc2ccc(NC(C)=O)cc2[C@H](n2c(NC#N)nc3ccccc32)[C@H]1OC(C)=O. The van der Waals surface area contributed by atoms with Crippen molar-refractivity contribution in [2.24, 2.45) is 0 Å². The first kappa shape index (κ1) is 25.0. The van der Waals surface area contributed by atoms with Crippen LogP contribution in [0.15, 0.2) is 42.5 Å². The highest BCUT2D eigenvalue weighted by Crippen LogP contribution is 2.48. The molecule has 1 aliphatic heterocycles. The van der Waals surface area contributed by atoms with E-state index in [1.165, 1.54) is 28.1 Å². The molecule has 3 atom stereocenters. The lowest BCUT2D eigenvalue weighted by atomic mass is 9.83. The van der Waals surface area contributed by atoms with Crippen LogP contribution < -0.4 is 15.4 Å². The third-order valence-electron chi connectivity index (χ3n) is 6.06. The molecular weight excluding hydrogens is 466 g/mol. The average Bonchev–Trinajstić information content (AvgIpc) is 3.18. The summed E-state index contributed by atoms with van der Waals surface area (Å²) in [6.07, 6.45) is -0.00979. The van der Waals surface area contributed by atoms with Crippen LogP contribution in [0.3, 0.4) is 0 Å². The van der Waals surface area contributed by atoms with E-state index in [-0.39, 0.29) is 11.9 Å². The molecule has 0 spiro atoms. The van der Waals surface area contributed by atoms with E-state index in [0.717, 1.165) is 0 Å². The van der Waals surface area contributed by atoms with Crippen LogP contribution in [0.4, 0.5) is 11.6 Å². The number of amides is 1. The lowest BCUT2D eigenvalue weighted by Crippen LogP contribution is -2.62. The van der Waals surface area contributed by atoms with Crippen molar-refractivity contribution in [1.82, 2.24) is 9.55 Å². The normalized spacial score (nSPS) is 20.8. The summed E-state index contributed by atoms with van der Waals surface area (Å²) < 4.78 is 25.3. The summed E-state index contributed by atoms with van der Waals surface area (Å²) in [5, 5.41) is 14.9. The molecule has 0 unspecified atom stereocenters. The van der Waals surface area contributed by atoms with Gasteiger partial charge >= 0.3 is 5.97 Å². The van der Waals surface area contributed by atoms with Gasteiger partial charge in [-0.15, -0.1) is 0 Å². The van der Waals surface area contributed by atoms with Crippen molar-refractivity contribution in [3.63, 3.8) is 0 Å². The number of benzene rings is 2. The fourth-order valence-electron chi connectivity index (χ4n) is 4.77. The number of nitrogens with one attached hydrogen (secondary N) is 2. The number of imidazole rings is 1. The number of carbonyl (C=O) groups is 2. The summed E-state index contributed by atoms with van der Waals surface area (Å²) in [6, 6.07) is 11.8. The average molecular weight is 494 g/mol. The number of aromatic nitrogens is 2. The molecule has 2 heterocycles. The quantitative estimate of drug-likeness (QED) is 0.220. The summed E-state index contributed by atoms with van der Waals surface area (Å²) in [5.74, 6) is -0.0954. The Morgan fingerprint density at radius 2 is 1.92 bits per heavy atom. The minimum absolute atomic E-state index is 0.243. The van der Waals surface area contributed by atoms with Gasteiger partial charge in [-0.2, -0.15) is 5.26 Å². The number of esters is 1. The van der Waals surface area contributed by atoms with Crippen LogP contribution in [0.25, 0.3) is 11.0 Å². The monoisotopic (exact) mass is 493 g/mol. The number of hydrogen-bond donors (Lipinski definition) is 2. The Morgan fingerprint density at radius 1 is 1.19 bits per heavy atom. The summed E-state index contributed by atoms with van der Waals surface area (Å²) in [5.41, 5.74) is 1.11. The standard InChI is InChI=1S/C25H27N5O6/c1-14(31)28-16-10-11-20-17(12-16)21(22(35-15(2)32)25(3,36-20)23(33-4)34-5)30-19-9-7-6-8-18(19)29-24(30)27-13-26/h6-12,21-23H,1-5H3,(H,27,29)(H,28,31)/t21-,22+,25-/m0/s1. The van der Waals surface area contributed by atoms with Gasteiger partial charge in [0.05, 0.1) is 11.0 Å². The molecule has 1 aromatic heterocycles. The molecule has 36 heavy (non-hydrogen) atoms. The number of hydrogen-bond acceptors (Lipinski definition) is 9. The fraction of sp³-hybridized carbons (Fsp3) is 0.360. The lowest BCUT2D eigenvalue weighted by Gasteiger charge is -2.48. The molecule has 0 saturated heterocycles. The second-order valence-corrected chi connectivity index (χ2v) is 8.53. The summed E-state index contributed by atoms with van der Waals surface area (Å²) in [4.78, 5) is 28.8. The molecule has 1 amide bonds. The molecule has 1 aliphatic rings. The van der Waals surface area contributed by atoms with Crippen molar-refractivity contribution in [3.8, 4) is 11.9 Å². The first-order valence-corrected chi connectivity index (χ1v) is 11.2. The Kier molecular flexibility index (Phi) is 6.83. The number of carbonyl (C=O) groups excluding carboxylic acids is 2. The zero-order chi connectivity index (χ0) is 26.0. The zero-order valence-corrected chi connectivity index (χ0v) is 20.6. The maximum absolute atomic E-state index is 12.4. The Morgan fingerprint density at radius 3 is 2.56 bits per heavy atom. The van der Waals surface area contributed by atoms with E-state index in [2.05, 4.69) is 15.6 Å². The number of nitrogens with zero attached hydrogens (tertiary/aromatic N) is 3. The molecule has 2 aromatic carbocycles. The number of ether oxygens (including phenoxy) is 4. The predicted octanol–water partition coefficient (Wildman–Crippen LogP) is 3.18. The Balaban J connectivity index is 2.07. The molecule has 11 nitrogen and oxygen atoms in total. The van der Waals surface area contributed by atoms with Crippen LogP contribution in [-0.4, -0.2) is 53.6 Å². The highest BCUT2D eigenvalue weighted by atomic mass is 16.7. The molecule has 0 saturated carbocycles. The Labute approximate surface area is 207 Å². The first-order valence-electron chi connectivity index (χ1n) is 11.2. The zero-order valence-electron chi connectivity index (χ0n) is 20.6. The fourth-order valence-corrected chi connectivity index (χ4v) is 4.77. The van der Waals surface area contributed by atoms with Gasteiger partial charge in [-0.3, -0.25) is 19.5 Å². The van der Waals surface area contributed by atoms with E-state index in [0.29, 0.717) is 28.0 Å². The van der Waals surface area contributed by atoms with E-state index in [1.807, 2.05) is 30.5 Å². The number of para-hydroxylation sites is 2. The number of nitriles is 1. The summed E-state index contributed by atoms with van der Waals surface area (Å²) >= 11 is 0. The Hall–Kier alpha value is -4.14. The molecule has 0 radical (unpaired) electrons. The van der Waals surface area contributed by atoms with E-state index >= 15 is 0 Å². The first-order chi connectivity index (χ1) is 17.2. The highest BCUT2D eigenvalue weighted by molar-refractivity contribution is 5.89. The van der Waals surface area contributed by atoms with Crippen molar-refractivity contribution in [3.05, 3.63) is 48.0 Å². The van der Waals surface area contributed by atoms with Crippen molar-refractivity contribution >= 4 is 34.5 Å². The maximum atomic E-state index is 12.4. The van der Waals surface area contributed by atoms with Gasteiger partial charge in [0, 0.05) is 39.3 Å². The number of rotatable bonds is 7. The van der Waals surface area contributed by atoms with Gasteiger partial charge in [0.15, 0.2) is 17.9 Å². The lowest BCUT2D eigenvalue weighted by molar-refractivity contribution is -0.244. The van der Waals surface area contributed by atoms with Crippen molar-refractivity contribution in [2.45, 2.75) is 44.8 Å². The van der Waals surface area contributed by atoms with Gasteiger partial charge in [0.2, 0.25) is 18.1 Å². The van der Waals surface area contributed by atoms with Crippen molar-refractivity contribution < 1.29 is 28.5 Å². The molecule has 0 aliphatic carbocycles. The molecule has 0 fully saturated rings. The minimum atomic E-state index is -1.32. The molecule has 4 rings (SSSR count). The molecular formula is C25H27N5O6. The van der Waals surface area contributed by atoms with Crippen molar-refractivity contribution in [2.75, 3.05) is 24.9 Å². The second-order valence-electron chi connectivity index (χ2n) is 8.53. The Bertz CT molecular complexity index is 1340. The van der Waals surface area contributed by atoms with Crippen molar-refractivity contribution in [1.29, 1.82) is 5.26 Å².